The Kier molecular flexibility index (Phi) is 5.27. The highest BCUT2D eigenvalue weighted by atomic mass is 16.5. The molecule has 21 heavy (non-hydrogen) atoms. The third-order valence-corrected chi connectivity index (χ3v) is 3.54. The predicted octanol–water partition coefficient (Wildman–Crippen LogP) is 1.37. The number of benzene rings is 1. The molecule has 2 rings (SSSR count). The molecule has 0 saturated carbocycles. The second-order valence-corrected chi connectivity index (χ2v) is 5.03. The number of anilines is 1. The maximum atomic E-state index is 11.8. The summed E-state index contributed by atoms with van der Waals surface area (Å²) in [6, 6.07) is 4.98. The van der Waals surface area contributed by atoms with Gasteiger partial charge in [0.1, 0.15) is 11.5 Å². The first-order chi connectivity index (χ1) is 10.1. The van der Waals surface area contributed by atoms with Crippen LogP contribution in [0.5, 0.6) is 11.5 Å². The lowest BCUT2D eigenvalue weighted by Crippen LogP contribution is -2.38. The van der Waals surface area contributed by atoms with Gasteiger partial charge in [-0.3, -0.25) is 9.69 Å². The lowest BCUT2D eigenvalue weighted by atomic mass is 10.3. The number of aromatic hydroxyl groups is 1. The molecule has 1 unspecified atom stereocenters. The SMILES string of the molecule is CCN(CC)CC(=O)NCCC1Nc2ccc(O)cc2O1. The Bertz CT molecular complexity index is 489. The largest absolute Gasteiger partial charge is 0.508 e. The smallest absolute Gasteiger partial charge is 0.234 e. The van der Waals surface area contributed by atoms with Gasteiger partial charge in [0.15, 0.2) is 6.23 Å². The summed E-state index contributed by atoms with van der Waals surface area (Å²) in [7, 11) is 0. The Morgan fingerprint density at radius 2 is 2.19 bits per heavy atom. The van der Waals surface area contributed by atoms with E-state index in [9.17, 15) is 9.90 Å². The zero-order valence-corrected chi connectivity index (χ0v) is 12.6. The second kappa shape index (κ2) is 7.17. The number of likely N-dealkylation sites (N-methyl/N-ethyl adjacent to an activating group) is 1. The van der Waals surface area contributed by atoms with E-state index in [0.717, 1.165) is 18.8 Å². The minimum atomic E-state index is -0.171. The highest BCUT2D eigenvalue weighted by Crippen LogP contribution is 2.35. The van der Waals surface area contributed by atoms with Gasteiger partial charge in [-0.25, -0.2) is 0 Å². The summed E-state index contributed by atoms with van der Waals surface area (Å²) in [4.78, 5) is 13.8. The van der Waals surface area contributed by atoms with Crippen molar-refractivity contribution in [3.05, 3.63) is 18.2 Å². The van der Waals surface area contributed by atoms with Gasteiger partial charge in [0.05, 0.1) is 12.2 Å². The molecule has 1 amide bonds. The van der Waals surface area contributed by atoms with Crippen molar-refractivity contribution in [2.24, 2.45) is 0 Å². The van der Waals surface area contributed by atoms with Crippen molar-refractivity contribution in [2.75, 3.05) is 31.5 Å². The van der Waals surface area contributed by atoms with Crippen LogP contribution in [0.15, 0.2) is 18.2 Å². The van der Waals surface area contributed by atoms with Crippen molar-refractivity contribution in [1.82, 2.24) is 10.2 Å². The molecule has 0 aromatic heterocycles. The van der Waals surface area contributed by atoms with Gasteiger partial charge in [-0.15, -0.1) is 0 Å². The van der Waals surface area contributed by atoms with Gasteiger partial charge in [0.25, 0.3) is 0 Å². The molecule has 1 aromatic rings. The van der Waals surface area contributed by atoms with Gasteiger partial charge in [0.2, 0.25) is 5.91 Å². The standard InChI is InChI=1S/C15H23N3O3/c1-3-18(4-2)10-14(20)16-8-7-15-17-12-6-5-11(19)9-13(12)21-15/h5-6,9,15,17,19H,3-4,7-8,10H2,1-2H3,(H,16,20). The van der Waals surface area contributed by atoms with E-state index in [4.69, 9.17) is 4.74 Å². The summed E-state index contributed by atoms with van der Waals surface area (Å²) >= 11 is 0. The van der Waals surface area contributed by atoms with Gasteiger partial charge >= 0.3 is 0 Å². The lowest BCUT2D eigenvalue weighted by Gasteiger charge is -2.17. The van der Waals surface area contributed by atoms with Gasteiger partial charge in [-0.2, -0.15) is 0 Å². The van der Waals surface area contributed by atoms with Crippen LogP contribution in [-0.4, -0.2) is 48.3 Å². The molecule has 1 aromatic carbocycles. The first-order valence-corrected chi connectivity index (χ1v) is 7.37. The number of ether oxygens (including phenoxy) is 1. The number of phenols is 1. The van der Waals surface area contributed by atoms with E-state index in [1.165, 1.54) is 0 Å². The fourth-order valence-electron chi connectivity index (χ4n) is 2.26. The molecule has 3 N–H and O–H groups in total. The summed E-state index contributed by atoms with van der Waals surface area (Å²) < 4.78 is 5.66. The fraction of sp³-hybridized carbons (Fsp3) is 0.533. The van der Waals surface area contributed by atoms with Gasteiger partial charge < -0.3 is 20.5 Å². The monoisotopic (exact) mass is 293 g/mol. The molecule has 0 fully saturated rings. The van der Waals surface area contributed by atoms with Crippen LogP contribution < -0.4 is 15.4 Å². The van der Waals surface area contributed by atoms with E-state index >= 15 is 0 Å². The summed E-state index contributed by atoms with van der Waals surface area (Å²) in [5.74, 6) is 0.866. The quantitative estimate of drug-likeness (QED) is 0.662. The molecule has 1 aliphatic heterocycles. The maximum absolute atomic E-state index is 11.8. The molecular weight excluding hydrogens is 270 g/mol. The van der Waals surface area contributed by atoms with Crippen molar-refractivity contribution in [3.63, 3.8) is 0 Å². The number of hydrogen-bond donors (Lipinski definition) is 3. The van der Waals surface area contributed by atoms with Gasteiger partial charge in [-0.1, -0.05) is 13.8 Å². The van der Waals surface area contributed by atoms with Crippen LogP contribution in [0.1, 0.15) is 20.3 Å². The van der Waals surface area contributed by atoms with Crippen molar-refractivity contribution in [3.8, 4) is 11.5 Å². The molecule has 1 atom stereocenters. The van der Waals surface area contributed by atoms with Crippen LogP contribution in [0.25, 0.3) is 0 Å². The van der Waals surface area contributed by atoms with Crippen LogP contribution in [0.2, 0.25) is 0 Å². The van der Waals surface area contributed by atoms with E-state index in [1.54, 1.807) is 18.2 Å². The van der Waals surface area contributed by atoms with Crippen LogP contribution in [-0.2, 0) is 4.79 Å². The lowest BCUT2D eigenvalue weighted by molar-refractivity contribution is -0.122. The minimum Gasteiger partial charge on any atom is -0.508 e. The Balaban J connectivity index is 1.70. The van der Waals surface area contributed by atoms with E-state index in [0.29, 0.717) is 25.3 Å². The topological polar surface area (TPSA) is 73.8 Å². The Hall–Kier alpha value is -1.95. The van der Waals surface area contributed by atoms with E-state index in [1.807, 2.05) is 13.8 Å². The van der Waals surface area contributed by atoms with E-state index in [2.05, 4.69) is 15.5 Å². The third kappa shape index (κ3) is 4.26. The van der Waals surface area contributed by atoms with Crippen molar-refractivity contribution < 1.29 is 14.6 Å². The first kappa shape index (κ1) is 15.4. The summed E-state index contributed by atoms with van der Waals surface area (Å²) in [6.45, 7) is 6.81. The number of fused-ring (bicyclic) bond motifs is 1. The molecule has 0 spiro atoms. The average Bonchev–Trinajstić information content (AvgIpc) is 2.86. The third-order valence-electron chi connectivity index (χ3n) is 3.54. The van der Waals surface area contributed by atoms with Crippen LogP contribution in [0.3, 0.4) is 0 Å². The van der Waals surface area contributed by atoms with Crippen LogP contribution >= 0.6 is 0 Å². The van der Waals surface area contributed by atoms with E-state index in [-0.39, 0.29) is 17.9 Å². The molecular formula is C15H23N3O3. The molecule has 6 nitrogen and oxygen atoms in total. The maximum Gasteiger partial charge on any atom is 0.234 e. The second-order valence-electron chi connectivity index (χ2n) is 5.03. The number of hydrogen-bond acceptors (Lipinski definition) is 5. The number of rotatable bonds is 7. The molecule has 0 aliphatic carbocycles. The predicted molar refractivity (Wildman–Crippen MR) is 81.6 cm³/mol. The summed E-state index contributed by atoms with van der Waals surface area (Å²) in [5.41, 5.74) is 0.868. The zero-order valence-electron chi connectivity index (χ0n) is 12.6. The number of carbonyl (C=O) groups is 1. The fourth-order valence-corrected chi connectivity index (χ4v) is 2.26. The highest BCUT2D eigenvalue weighted by Gasteiger charge is 2.21. The molecule has 1 aliphatic rings. The number of carbonyl (C=O) groups excluding carboxylic acids is 1. The molecule has 6 heteroatoms. The van der Waals surface area contributed by atoms with E-state index < -0.39 is 0 Å². The molecule has 0 saturated heterocycles. The Labute approximate surface area is 125 Å². The number of phenolic OH excluding ortho intramolecular Hbond substituents is 1. The summed E-state index contributed by atoms with van der Waals surface area (Å²) in [6.07, 6.45) is 0.495. The number of nitrogens with zero attached hydrogens (tertiary/aromatic N) is 1. The normalized spacial score (nSPS) is 16.2. The van der Waals surface area contributed by atoms with Crippen molar-refractivity contribution in [1.29, 1.82) is 0 Å². The summed E-state index contributed by atoms with van der Waals surface area (Å²) in [5, 5.41) is 15.5. The number of nitrogens with one attached hydrogen (secondary N) is 2. The molecule has 0 bridgehead atoms. The van der Waals surface area contributed by atoms with Gasteiger partial charge in [-0.05, 0) is 25.2 Å². The molecule has 0 radical (unpaired) electrons. The molecule has 1 heterocycles. The first-order valence-electron chi connectivity index (χ1n) is 7.37. The Morgan fingerprint density at radius 3 is 2.90 bits per heavy atom. The van der Waals surface area contributed by atoms with Crippen LogP contribution in [0.4, 0.5) is 5.69 Å². The van der Waals surface area contributed by atoms with Gasteiger partial charge in [0, 0.05) is 19.0 Å². The average molecular weight is 293 g/mol. The minimum absolute atomic E-state index is 0.0341. The molecule has 116 valence electrons. The Morgan fingerprint density at radius 1 is 1.43 bits per heavy atom. The highest BCUT2D eigenvalue weighted by molar-refractivity contribution is 5.78. The van der Waals surface area contributed by atoms with Crippen molar-refractivity contribution >= 4 is 11.6 Å². The number of amides is 1. The van der Waals surface area contributed by atoms with Crippen LogP contribution in [0, 0.1) is 0 Å². The zero-order chi connectivity index (χ0) is 15.2. The van der Waals surface area contributed by atoms with Crippen molar-refractivity contribution in [2.45, 2.75) is 26.5 Å².